The summed E-state index contributed by atoms with van der Waals surface area (Å²) in [6, 6.07) is 0. The molecule has 1 fully saturated rings. The highest BCUT2D eigenvalue weighted by molar-refractivity contribution is 5.74. The number of aliphatic hydroxyl groups is 2. The summed E-state index contributed by atoms with van der Waals surface area (Å²) < 4.78 is 28.2. The van der Waals surface area contributed by atoms with Gasteiger partial charge >= 0.3 is 23.9 Å². The molecule has 1 aliphatic heterocycles. The lowest BCUT2D eigenvalue weighted by Crippen LogP contribution is -2.61. The fourth-order valence-electron chi connectivity index (χ4n) is 7.75. The zero-order valence-electron chi connectivity index (χ0n) is 49.4. The first-order valence-electron chi connectivity index (χ1n) is 30.1. The van der Waals surface area contributed by atoms with E-state index in [2.05, 4.69) is 167 Å². The van der Waals surface area contributed by atoms with E-state index >= 15 is 0 Å². The number of aliphatic carboxylic acids is 1. The Morgan fingerprint density at radius 1 is 0.420 bits per heavy atom. The molecule has 450 valence electrons. The third kappa shape index (κ3) is 44.4. The van der Waals surface area contributed by atoms with E-state index in [9.17, 15) is 34.5 Å². The van der Waals surface area contributed by atoms with Crippen LogP contribution in [0.15, 0.2) is 170 Å². The van der Waals surface area contributed by atoms with Crippen molar-refractivity contribution in [2.75, 3.05) is 13.2 Å². The second-order valence-electron chi connectivity index (χ2n) is 19.5. The number of hydrogen-bond acceptors (Lipinski definition) is 11. The Kier molecular flexibility index (Phi) is 49.3. The summed E-state index contributed by atoms with van der Waals surface area (Å²) >= 11 is 0. The highest BCUT2D eigenvalue weighted by Gasteiger charge is 2.50. The van der Waals surface area contributed by atoms with Gasteiger partial charge in [0.05, 0.1) is 6.61 Å². The van der Waals surface area contributed by atoms with Crippen molar-refractivity contribution in [2.24, 2.45) is 0 Å². The average Bonchev–Trinajstić information content (AvgIpc) is 3.46. The largest absolute Gasteiger partial charge is 0.479 e. The van der Waals surface area contributed by atoms with E-state index in [-0.39, 0.29) is 19.3 Å². The molecule has 3 N–H and O–H groups in total. The van der Waals surface area contributed by atoms with Crippen molar-refractivity contribution in [2.45, 2.75) is 225 Å². The molecule has 0 aliphatic carbocycles. The predicted molar refractivity (Wildman–Crippen MR) is 330 cm³/mol. The van der Waals surface area contributed by atoms with Crippen LogP contribution in [0.1, 0.15) is 188 Å². The Hall–Kier alpha value is -5.92. The van der Waals surface area contributed by atoms with Gasteiger partial charge in [-0.25, -0.2) is 4.79 Å². The molecule has 0 aromatic carbocycles. The van der Waals surface area contributed by atoms with Crippen molar-refractivity contribution in [3.8, 4) is 0 Å². The Morgan fingerprint density at radius 2 is 0.802 bits per heavy atom. The van der Waals surface area contributed by atoms with Crippen LogP contribution in [-0.4, -0.2) is 89.2 Å². The molecule has 0 radical (unpaired) electrons. The number of esters is 3. The summed E-state index contributed by atoms with van der Waals surface area (Å²) in [6.07, 6.45) is 69.2. The number of rotatable bonds is 48. The molecule has 6 unspecified atom stereocenters. The maximum Gasteiger partial charge on any atom is 0.335 e. The molecular formula is C69H102O12. The Labute approximate surface area is 487 Å². The van der Waals surface area contributed by atoms with Crippen LogP contribution in [0.5, 0.6) is 0 Å². The van der Waals surface area contributed by atoms with E-state index in [0.29, 0.717) is 32.1 Å². The number of carboxylic acids is 1. The van der Waals surface area contributed by atoms with E-state index in [1.807, 2.05) is 24.3 Å². The fourth-order valence-corrected chi connectivity index (χ4v) is 7.75. The number of hydrogen-bond donors (Lipinski definition) is 3. The third-order valence-corrected chi connectivity index (χ3v) is 12.3. The number of ether oxygens (including phenoxy) is 5. The van der Waals surface area contributed by atoms with Gasteiger partial charge in [0.25, 0.3) is 0 Å². The van der Waals surface area contributed by atoms with Crippen LogP contribution in [0.3, 0.4) is 0 Å². The summed E-state index contributed by atoms with van der Waals surface area (Å²) in [5.41, 5.74) is 0. The standard InChI is InChI=1S/C69H102O12/c1-4-7-10-13-16-19-22-25-27-29-31-33-35-38-40-43-46-49-52-55-61(70)77-58-60(79-62(71)56-53-50-47-44-42-39-36-34-32-30-28-26-23-20-17-14-11-8-5-2)59-78-69-67(65(74)64(73)66(81-69)68(75)76)80-63(72)57-54-51-48-45-41-37-24-21-18-15-12-9-6-3/h7-8,10-12,15-17,19-21,24-28,31-34,38-40,42,46-47,49-50,60,64-67,69,73-74H,4-6,9,13-14,18,22-23,29-30,35-37,41,43-45,48,51-59H2,1-3H3,(H,75,76)/b10-7-,11-8-,15-12-,19-16-,20-17-,24-21-,27-25-,28-26-,33-31-,34-32-,40-38-,42-39-,49-46-,50-47-. The van der Waals surface area contributed by atoms with E-state index in [4.69, 9.17) is 23.7 Å². The molecule has 6 atom stereocenters. The zero-order chi connectivity index (χ0) is 58.9. The van der Waals surface area contributed by atoms with E-state index in [0.717, 1.165) is 116 Å². The lowest BCUT2D eigenvalue weighted by Gasteiger charge is -2.40. The topological polar surface area (TPSA) is 175 Å². The number of unbranched alkanes of at least 4 members (excludes halogenated alkanes) is 6. The Balaban J connectivity index is 2.81. The minimum absolute atomic E-state index is 0.00944. The minimum Gasteiger partial charge on any atom is -0.479 e. The van der Waals surface area contributed by atoms with Gasteiger partial charge in [0.15, 0.2) is 24.6 Å². The molecule has 0 aromatic rings. The predicted octanol–water partition coefficient (Wildman–Crippen LogP) is 15.9. The molecule has 0 amide bonds. The van der Waals surface area contributed by atoms with Gasteiger partial charge < -0.3 is 39.0 Å². The first kappa shape index (κ1) is 73.1. The summed E-state index contributed by atoms with van der Waals surface area (Å²) in [5, 5.41) is 31.5. The van der Waals surface area contributed by atoms with Crippen molar-refractivity contribution < 1.29 is 58.2 Å². The number of carboxylic acid groups (broad SMARTS) is 1. The molecule has 12 heteroatoms. The van der Waals surface area contributed by atoms with Gasteiger partial charge in [0.2, 0.25) is 0 Å². The van der Waals surface area contributed by atoms with Crippen molar-refractivity contribution in [1.82, 2.24) is 0 Å². The van der Waals surface area contributed by atoms with Gasteiger partial charge in [0.1, 0.15) is 18.8 Å². The van der Waals surface area contributed by atoms with E-state index in [1.54, 1.807) is 0 Å². The van der Waals surface area contributed by atoms with Gasteiger partial charge in [-0.05, 0) is 122 Å². The van der Waals surface area contributed by atoms with Crippen molar-refractivity contribution in [1.29, 1.82) is 0 Å². The van der Waals surface area contributed by atoms with Gasteiger partial charge in [0, 0.05) is 19.3 Å². The fraction of sp³-hybridized carbons (Fsp3) is 0.536. The first-order valence-corrected chi connectivity index (χ1v) is 30.1. The normalized spacial score (nSPS) is 19.0. The molecule has 0 spiro atoms. The molecule has 81 heavy (non-hydrogen) atoms. The second kappa shape index (κ2) is 54.7. The molecule has 0 saturated carbocycles. The van der Waals surface area contributed by atoms with E-state index < -0.39 is 73.9 Å². The van der Waals surface area contributed by atoms with Gasteiger partial charge in [-0.1, -0.05) is 217 Å². The van der Waals surface area contributed by atoms with Crippen LogP contribution in [0.25, 0.3) is 0 Å². The van der Waals surface area contributed by atoms with Gasteiger partial charge in [-0.2, -0.15) is 0 Å². The zero-order valence-corrected chi connectivity index (χ0v) is 49.4. The highest BCUT2D eigenvalue weighted by Crippen LogP contribution is 2.26. The Bertz CT molecular complexity index is 2060. The summed E-state index contributed by atoms with van der Waals surface area (Å²) in [7, 11) is 0. The van der Waals surface area contributed by atoms with Crippen LogP contribution in [0.2, 0.25) is 0 Å². The Morgan fingerprint density at radius 3 is 1.23 bits per heavy atom. The lowest BCUT2D eigenvalue weighted by atomic mass is 9.98. The summed E-state index contributed by atoms with van der Waals surface area (Å²) in [5.74, 6) is -3.40. The van der Waals surface area contributed by atoms with Crippen LogP contribution in [-0.2, 0) is 42.9 Å². The third-order valence-electron chi connectivity index (χ3n) is 12.3. The van der Waals surface area contributed by atoms with Crippen LogP contribution < -0.4 is 0 Å². The minimum atomic E-state index is -1.94. The molecule has 1 heterocycles. The molecule has 1 rings (SSSR count). The van der Waals surface area contributed by atoms with Crippen molar-refractivity contribution in [3.63, 3.8) is 0 Å². The number of allylic oxidation sites excluding steroid dienone is 28. The molecule has 0 bridgehead atoms. The first-order chi connectivity index (χ1) is 39.6. The molecule has 0 aromatic heterocycles. The van der Waals surface area contributed by atoms with Gasteiger partial charge in [-0.3, -0.25) is 14.4 Å². The maximum absolute atomic E-state index is 13.1. The second-order valence-corrected chi connectivity index (χ2v) is 19.5. The number of aliphatic hydroxyl groups excluding tert-OH is 2. The summed E-state index contributed by atoms with van der Waals surface area (Å²) in [4.78, 5) is 51.1. The van der Waals surface area contributed by atoms with Crippen molar-refractivity contribution in [3.05, 3.63) is 170 Å². The smallest absolute Gasteiger partial charge is 0.335 e. The lowest BCUT2D eigenvalue weighted by molar-refractivity contribution is -0.301. The van der Waals surface area contributed by atoms with Gasteiger partial charge in [-0.15, -0.1) is 0 Å². The highest BCUT2D eigenvalue weighted by atomic mass is 16.7. The molecule has 1 aliphatic rings. The van der Waals surface area contributed by atoms with Crippen LogP contribution >= 0.6 is 0 Å². The monoisotopic (exact) mass is 1120 g/mol. The van der Waals surface area contributed by atoms with Crippen molar-refractivity contribution >= 4 is 23.9 Å². The van der Waals surface area contributed by atoms with E-state index in [1.165, 1.54) is 0 Å². The maximum atomic E-state index is 13.1. The van der Waals surface area contributed by atoms with Crippen LogP contribution in [0, 0.1) is 0 Å². The number of carbonyl (C=O) groups excluding carboxylic acids is 3. The van der Waals surface area contributed by atoms with Crippen LogP contribution in [0.4, 0.5) is 0 Å². The molecule has 1 saturated heterocycles. The SMILES string of the molecule is CC/C=C\C/C=C\C/C=C\C/C=C\C/C=C\C/C=C\CCC(=O)OCC(COC1OC(C(=O)O)C(O)C(O)C1OC(=O)CCCCCCC/C=C\C/C=C\CCC)OC(=O)CC/C=C\C/C=C\C/C=C\C/C=C\C/C=C\C/C=C\CC. The number of carbonyl (C=O) groups is 4. The quantitative estimate of drug-likeness (QED) is 0.0228. The molecular weight excluding hydrogens is 1020 g/mol. The molecule has 12 nitrogen and oxygen atoms in total. The summed E-state index contributed by atoms with van der Waals surface area (Å²) in [6.45, 7) is 5.54. The average molecular weight is 1120 g/mol.